The van der Waals surface area contributed by atoms with Gasteiger partial charge in [0.05, 0.1) is 12.3 Å². The maximum absolute atomic E-state index is 10.8. The maximum Gasteiger partial charge on any atom is 0.311 e. The summed E-state index contributed by atoms with van der Waals surface area (Å²) in [6.45, 7) is 0. The van der Waals surface area contributed by atoms with Gasteiger partial charge in [0.25, 0.3) is 0 Å². The largest absolute Gasteiger partial charge is 0.481 e. The van der Waals surface area contributed by atoms with Crippen molar-refractivity contribution >= 4 is 11.9 Å². The zero-order valence-electron chi connectivity index (χ0n) is 13.9. The lowest BCUT2D eigenvalue weighted by Crippen LogP contribution is -2.15. The molecule has 0 spiro atoms. The fourth-order valence-electron chi connectivity index (χ4n) is 2.30. The molecule has 0 bridgehead atoms. The second-order valence-electron chi connectivity index (χ2n) is 5.37. The Bertz CT molecular complexity index is 787. The predicted molar refractivity (Wildman–Crippen MR) is 96.5 cm³/mol. The van der Waals surface area contributed by atoms with Crippen molar-refractivity contribution in [2.75, 3.05) is 0 Å². The van der Waals surface area contributed by atoms with E-state index in [1.165, 1.54) is 11.1 Å². The number of hydrogen-bond acceptors (Lipinski definition) is 4. The zero-order valence-corrected chi connectivity index (χ0v) is 13.9. The first-order valence-corrected chi connectivity index (χ1v) is 7.88. The van der Waals surface area contributed by atoms with Crippen LogP contribution in [0.2, 0.25) is 0 Å². The van der Waals surface area contributed by atoms with Crippen LogP contribution in [0.4, 0.5) is 0 Å². The Morgan fingerprint density at radius 2 is 1.23 bits per heavy atom. The minimum atomic E-state index is -1.11. The Morgan fingerprint density at radius 3 is 1.62 bits per heavy atom. The van der Waals surface area contributed by atoms with Crippen molar-refractivity contribution in [2.24, 2.45) is 0 Å². The third-order valence-electron chi connectivity index (χ3n) is 3.57. The summed E-state index contributed by atoms with van der Waals surface area (Å²) in [6.07, 6.45) is 6.76. The van der Waals surface area contributed by atoms with Gasteiger partial charge in [0.15, 0.2) is 0 Å². The normalized spacial score (nSPS) is 10.9. The van der Waals surface area contributed by atoms with Crippen molar-refractivity contribution in [3.05, 3.63) is 84.9 Å². The van der Waals surface area contributed by atoms with Crippen molar-refractivity contribution in [3.63, 3.8) is 0 Å². The zero-order chi connectivity index (χ0) is 18.8. The number of carbonyl (C=O) groups is 2. The highest BCUT2D eigenvalue weighted by molar-refractivity contribution is 5.82. The number of carboxylic acid groups (broad SMARTS) is 2. The molecular formula is C20H18N2O4. The lowest BCUT2D eigenvalue weighted by Gasteiger charge is -2.09. The summed E-state index contributed by atoms with van der Waals surface area (Å²) in [6, 6.07) is 16.3. The first-order chi connectivity index (χ1) is 12.6. The number of hydrogen-bond donors (Lipinski definition) is 2. The molecule has 0 aliphatic heterocycles. The molecule has 0 unspecified atom stereocenters. The van der Waals surface area contributed by atoms with E-state index in [9.17, 15) is 9.59 Å². The SMILES string of the molecule is O=C(O)C[C@H](C(=O)O)c1ccccc1.c1cc(-c2ccncc2)ccn1. The molecule has 0 radical (unpaired) electrons. The van der Waals surface area contributed by atoms with Gasteiger partial charge >= 0.3 is 11.9 Å². The molecule has 1 atom stereocenters. The molecule has 0 aliphatic carbocycles. The highest BCUT2D eigenvalue weighted by Crippen LogP contribution is 2.19. The predicted octanol–water partition coefficient (Wildman–Crippen LogP) is 3.47. The van der Waals surface area contributed by atoms with Crippen LogP contribution in [0.3, 0.4) is 0 Å². The van der Waals surface area contributed by atoms with Crippen molar-refractivity contribution in [2.45, 2.75) is 12.3 Å². The number of aliphatic carboxylic acids is 2. The van der Waals surface area contributed by atoms with Crippen LogP contribution in [-0.4, -0.2) is 32.1 Å². The lowest BCUT2D eigenvalue weighted by atomic mass is 9.96. The Labute approximate surface area is 150 Å². The highest BCUT2D eigenvalue weighted by Gasteiger charge is 2.22. The van der Waals surface area contributed by atoms with E-state index in [0.29, 0.717) is 5.56 Å². The van der Waals surface area contributed by atoms with Gasteiger partial charge in [0.2, 0.25) is 0 Å². The molecule has 0 amide bonds. The van der Waals surface area contributed by atoms with Crippen LogP contribution in [0.1, 0.15) is 17.9 Å². The Kier molecular flexibility index (Phi) is 7.00. The second-order valence-corrected chi connectivity index (χ2v) is 5.37. The number of pyridine rings is 2. The van der Waals surface area contributed by atoms with Crippen molar-refractivity contribution < 1.29 is 19.8 Å². The molecule has 0 saturated heterocycles. The van der Waals surface area contributed by atoms with Crippen LogP contribution >= 0.6 is 0 Å². The first kappa shape index (κ1) is 18.8. The molecule has 1 aromatic carbocycles. The summed E-state index contributed by atoms with van der Waals surface area (Å²) in [5.41, 5.74) is 2.86. The van der Waals surface area contributed by atoms with Crippen LogP contribution in [-0.2, 0) is 9.59 Å². The summed E-state index contributed by atoms with van der Waals surface area (Å²) in [7, 11) is 0. The van der Waals surface area contributed by atoms with E-state index in [2.05, 4.69) is 9.97 Å². The van der Waals surface area contributed by atoms with Crippen LogP contribution in [0.5, 0.6) is 0 Å². The topological polar surface area (TPSA) is 100 Å². The summed E-state index contributed by atoms with van der Waals surface area (Å²) in [4.78, 5) is 29.1. The van der Waals surface area contributed by atoms with Gasteiger partial charge in [-0.2, -0.15) is 0 Å². The molecule has 2 N–H and O–H groups in total. The van der Waals surface area contributed by atoms with E-state index in [4.69, 9.17) is 10.2 Å². The summed E-state index contributed by atoms with van der Waals surface area (Å²) in [5.74, 6) is -3.19. The molecule has 26 heavy (non-hydrogen) atoms. The van der Waals surface area contributed by atoms with Gasteiger partial charge in [-0.15, -0.1) is 0 Å². The molecule has 2 aromatic heterocycles. The molecule has 0 aliphatic rings. The summed E-state index contributed by atoms with van der Waals surface area (Å²) < 4.78 is 0. The van der Waals surface area contributed by atoms with E-state index < -0.39 is 17.9 Å². The Morgan fingerprint density at radius 1 is 0.769 bits per heavy atom. The molecule has 132 valence electrons. The van der Waals surface area contributed by atoms with Gasteiger partial charge < -0.3 is 10.2 Å². The smallest absolute Gasteiger partial charge is 0.311 e. The van der Waals surface area contributed by atoms with Crippen LogP contribution in [0.15, 0.2) is 79.4 Å². The van der Waals surface area contributed by atoms with Gasteiger partial charge in [-0.25, -0.2) is 0 Å². The fraction of sp³-hybridized carbons (Fsp3) is 0.100. The van der Waals surface area contributed by atoms with Crippen molar-refractivity contribution in [3.8, 4) is 11.1 Å². The van der Waals surface area contributed by atoms with Gasteiger partial charge in [-0.1, -0.05) is 30.3 Å². The van der Waals surface area contributed by atoms with Gasteiger partial charge in [-0.05, 0) is 41.0 Å². The minimum absolute atomic E-state index is 0.390. The molecule has 0 fully saturated rings. The van der Waals surface area contributed by atoms with Gasteiger partial charge in [0.1, 0.15) is 0 Å². The van der Waals surface area contributed by atoms with Crippen LogP contribution in [0.25, 0.3) is 11.1 Å². The molecule has 3 rings (SSSR count). The van der Waals surface area contributed by atoms with E-state index >= 15 is 0 Å². The van der Waals surface area contributed by atoms with Crippen LogP contribution in [0, 0.1) is 0 Å². The van der Waals surface area contributed by atoms with Gasteiger partial charge in [-0.3, -0.25) is 19.6 Å². The third-order valence-corrected chi connectivity index (χ3v) is 3.57. The average molecular weight is 350 g/mol. The molecular weight excluding hydrogens is 332 g/mol. The third kappa shape index (κ3) is 5.83. The fourth-order valence-corrected chi connectivity index (χ4v) is 2.30. The first-order valence-electron chi connectivity index (χ1n) is 7.88. The quantitative estimate of drug-likeness (QED) is 0.731. The number of nitrogens with zero attached hydrogens (tertiary/aromatic N) is 2. The maximum atomic E-state index is 10.8. The van der Waals surface area contributed by atoms with E-state index in [1.54, 1.807) is 55.1 Å². The molecule has 6 heteroatoms. The number of carboxylic acids is 2. The minimum Gasteiger partial charge on any atom is -0.481 e. The summed E-state index contributed by atoms with van der Waals surface area (Å²) in [5, 5.41) is 17.3. The molecule has 0 saturated carbocycles. The Hall–Kier alpha value is -3.54. The average Bonchev–Trinajstić information content (AvgIpc) is 2.68. The van der Waals surface area contributed by atoms with Crippen molar-refractivity contribution in [1.29, 1.82) is 0 Å². The monoisotopic (exact) mass is 350 g/mol. The molecule has 2 heterocycles. The second kappa shape index (κ2) is 9.68. The number of rotatable bonds is 5. The number of benzene rings is 1. The summed E-state index contributed by atoms with van der Waals surface area (Å²) >= 11 is 0. The van der Waals surface area contributed by atoms with Crippen LogP contribution < -0.4 is 0 Å². The van der Waals surface area contributed by atoms with E-state index in [1.807, 2.05) is 24.3 Å². The number of aromatic nitrogens is 2. The lowest BCUT2D eigenvalue weighted by molar-refractivity contribution is -0.145. The van der Waals surface area contributed by atoms with E-state index in [-0.39, 0.29) is 6.42 Å². The molecule has 6 nitrogen and oxygen atoms in total. The molecule has 3 aromatic rings. The standard InChI is InChI=1S/C10H8N2.C10H10O4/c1-5-11-6-2-9(1)10-3-7-12-8-4-10;11-9(12)6-8(10(13)14)7-4-2-1-3-5-7/h1-8H;1-5,8H,6H2,(H,11,12)(H,13,14)/t;8-/m.0/s1. The van der Waals surface area contributed by atoms with E-state index in [0.717, 1.165) is 0 Å². The van der Waals surface area contributed by atoms with Gasteiger partial charge in [0, 0.05) is 24.8 Å². The Balaban J connectivity index is 0.000000189. The highest BCUT2D eigenvalue weighted by atomic mass is 16.4. The van der Waals surface area contributed by atoms with Crippen molar-refractivity contribution in [1.82, 2.24) is 9.97 Å².